The van der Waals surface area contributed by atoms with Crippen LogP contribution in [0.2, 0.25) is 20.1 Å². The number of rotatable bonds is 26. The summed E-state index contributed by atoms with van der Waals surface area (Å²) in [6.45, 7) is -2.11. The van der Waals surface area contributed by atoms with Crippen LogP contribution in [0.3, 0.4) is 0 Å². The van der Waals surface area contributed by atoms with Crippen LogP contribution in [0.25, 0.3) is 66.5 Å². The van der Waals surface area contributed by atoms with Gasteiger partial charge in [-0.2, -0.15) is 62.8 Å². The highest BCUT2D eigenvalue weighted by atomic mass is 35.5. The van der Waals surface area contributed by atoms with Gasteiger partial charge < -0.3 is 18.4 Å². The van der Waals surface area contributed by atoms with Crippen molar-refractivity contribution in [3.63, 3.8) is 0 Å². The van der Waals surface area contributed by atoms with Crippen LogP contribution in [0.5, 0.6) is 11.5 Å². The lowest BCUT2D eigenvalue weighted by Gasteiger charge is -2.24. The molecule has 4 aromatic heterocycles. The normalized spacial score (nSPS) is 12.7. The number of nitriles is 2. The monoisotopic (exact) mass is 1620 g/mol. The first-order valence-electron chi connectivity index (χ1n) is 33.2. The van der Waals surface area contributed by atoms with Crippen molar-refractivity contribution in [3.05, 3.63) is 249 Å². The number of unbranched alkanes of at least 4 members (excludes halogenated alkanes) is 2. The van der Waals surface area contributed by atoms with Gasteiger partial charge in [-0.05, 0) is 110 Å². The Balaban J connectivity index is 1.17. The number of hydrogen-bond acceptors (Lipinski definition) is 13. The van der Waals surface area contributed by atoms with Crippen LogP contribution in [0.1, 0.15) is 49.9 Å². The van der Waals surface area contributed by atoms with Gasteiger partial charge in [0, 0.05) is 46.9 Å². The topological polar surface area (TPSA) is 220 Å². The van der Waals surface area contributed by atoms with E-state index >= 15 is 0 Å². The summed E-state index contributed by atoms with van der Waals surface area (Å²) in [5.41, 5.74) is 5.32. The molecule has 8 aromatic carbocycles. The van der Waals surface area contributed by atoms with Crippen molar-refractivity contribution < 1.29 is 71.4 Å². The smallest absolute Gasteiger partial charge is 0.471 e. The van der Waals surface area contributed by atoms with E-state index in [4.69, 9.17) is 75.8 Å². The molecule has 16 nitrogen and oxygen atoms in total. The molecule has 0 saturated carbocycles. The first-order valence-corrected chi connectivity index (χ1v) is 37.0. The molecule has 0 aliphatic heterocycles. The molecule has 0 aliphatic rings. The van der Waals surface area contributed by atoms with Gasteiger partial charge in [0.15, 0.2) is 0 Å². The van der Waals surface area contributed by atoms with Gasteiger partial charge in [-0.25, -0.2) is 14.7 Å². The lowest BCUT2D eigenvalue weighted by atomic mass is 9.50. The number of benzene rings is 8. The Hall–Kier alpha value is -10.6. The van der Waals surface area contributed by atoms with E-state index in [-0.39, 0.29) is 115 Å². The minimum atomic E-state index is -6.51. The zero-order chi connectivity index (χ0) is 78.5. The minimum absolute atomic E-state index is 0.0245. The second-order valence-corrected chi connectivity index (χ2v) is 28.9. The second kappa shape index (κ2) is 32.9. The zero-order valence-corrected chi connectivity index (χ0v) is 61.2. The molecule has 0 aliphatic carbocycles. The molecule has 0 unspecified atom stereocenters. The van der Waals surface area contributed by atoms with Gasteiger partial charge in [0.1, 0.15) is 46.2 Å². The van der Waals surface area contributed by atoms with Crippen LogP contribution in [0.4, 0.5) is 43.9 Å². The fraction of sp³-hybridized carbons (Fsp3) is 0.158. The molecule has 0 atom stereocenters. The van der Waals surface area contributed by atoms with E-state index in [1.165, 1.54) is 36.7 Å². The third-order valence-electron chi connectivity index (χ3n) is 17.4. The van der Waals surface area contributed by atoms with Crippen LogP contribution in [0, 0.1) is 22.7 Å². The van der Waals surface area contributed by atoms with E-state index in [0.717, 1.165) is 4.72 Å². The van der Waals surface area contributed by atoms with Crippen molar-refractivity contribution >= 4 is 160 Å². The zero-order valence-electron chi connectivity index (χ0n) is 56.6. The summed E-state index contributed by atoms with van der Waals surface area (Å²) in [5, 5.41) is 15.1. The van der Waals surface area contributed by atoms with Crippen molar-refractivity contribution in [1.29, 1.82) is 10.5 Å². The van der Waals surface area contributed by atoms with Crippen molar-refractivity contribution in [1.82, 2.24) is 38.3 Å². The Kier molecular flexibility index (Phi) is 23.6. The van der Waals surface area contributed by atoms with E-state index in [0.29, 0.717) is 66.2 Å². The first-order chi connectivity index (χ1) is 52.5. The molecule has 110 heavy (non-hydrogen) atoms. The van der Waals surface area contributed by atoms with Crippen LogP contribution in [-0.2, 0) is 19.6 Å². The maximum Gasteiger partial charge on any atom is 0.471 e. The minimum Gasteiger partial charge on any atom is -0.494 e. The average molecular weight is 1620 g/mol. The third-order valence-corrected chi connectivity index (χ3v) is 21.1. The van der Waals surface area contributed by atoms with Gasteiger partial charge in [0.25, 0.3) is 0 Å². The van der Waals surface area contributed by atoms with E-state index in [1.54, 1.807) is 53.3 Å². The molecule has 0 bridgehead atoms. The maximum atomic E-state index is 13.9. The maximum absolute atomic E-state index is 13.9. The highest BCUT2D eigenvalue weighted by molar-refractivity contribution is 7.99. The summed E-state index contributed by atoms with van der Waals surface area (Å²) in [7, 11) is -6.51. The first kappa shape index (κ1) is 79.0. The molecule has 0 fully saturated rings. The van der Waals surface area contributed by atoms with Crippen molar-refractivity contribution in [2.24, 2.45) is 0 Å². The Morgan fingerprint density at radius 3 is 1.16 bits per heavy atom. The van der Waals surface area contributed by atoms with E-state index in [9.17, 15) is 72.4 Å². The number of alkyl halides is 10. The van der Waals surface area contributed by atoms with Crippen molar-refractivity contribution in [3.8, 4) is 46.2 Å². The molecule has 0 radical (unpaired) electrons. The standard InChI is InChI=1S/C76H52B2Cl4F10N10O6S2/c79-55-37-59-61(39-57(55)81)97-63(43-95-59)53(41-93)71-67-68(70(102(71)78(49-21-9-3-10-22-49)50-23-11-4-12-24-50)46-29-33-52(34-30-46)108-36-16-14-26-66(104)100-110(105,106)76(91,92)74(86,87)88)72(54(42-94)64-44-96-60-38-56(80)58(82)40-62(60)98-64)101(77(47-17-5-1-6-18-47)48-19-7-2-8-20-48)69(67)45-27-31-51(32-28-45)107-35-15-13-25-65(103)99-109-75(89,90)73(83,84)85/h1-12,17-24,27-34,37-40,43-44H,13-16,25-26,35-36H2,(H,99,103)(H,100,104)/b71-53+,72-54+. The molecule has 4 heterocycles. The lowest BCUT2D eigenvalue weighted by molar-refractivity contribution is -0.241. The molecule has 0 saturated heterocycles. The Morgan fingerprint density at radius 1 is 0.482 bits per heavy atom. The molecule has 12 aromatic rings. The summed E-state index contributed by atoms with van der Waals surface area (Å²) in [6, 6.07) is 62.1. The van der Waals surface area contributed by atoms with Gasteiger partial charge in [-0.15, -0.1) is 0 Å². The van der Waals surface area contributed by atoms with Crippen LogP contribution < -0.4 is 51.5 Å². The quantitative estimate of drug-likeness (QED) is 0.0223. The van der Waals surface area contributed by atoms with Crippen LogP contribution >= 0.6 is 58.4 Å². The Labute approximate surface area is 645 Å². The largest absolute Gasteiger partial charge is 0.494 e. The summed E-state index contributed by atoms with van der Waals surface area (Å²) in [4.78, 5) is 44.8. The number of fused-ring (bicyclic) bond motifs is 3. The number of halogens is 14. The molecular weight excluding hydrogens is 1570 g/mol. The van der Waals surface area contributed by atoms with Gasteiger partial charge >= 0.3 is 46.6 Å². The highest BCUT2D eigenvalue weighted by Crippen LogP contribution is 2.44. The number of hydrogen-bond donors (Lipinski definition) is 2. The number of carbonyl (C=O) groups excluding carboxylic acids is 2. The number of nitrogens with one attached hydrogen (secondary N) is 2. The second-order valence-electron chi connectivity index (χ2n) is 24.7. The van der Waals surface area contributed by atoms with Crippen molar-refractivity contribution in [2.45, 2.75) is 61.4 Å². The number of carbonyl (C=O) groups is 2. The SMILES string of the molecule is N#C/C(c1cnc2cc(Cl)c(Cl)cc2n1)=c1/c2c(-c3ccc(OCCCCC(=O)NS(=O)(=O)C(F)(F)C(F)(F)F)cc3)n(B(c3ccccc3)c3ccccc3)/c(=C(\C#N)c3cnc4cc(Cl)c(Cl)cc4n3)c2c(-c2ccc(OCCCCC(=O)NSC(F)(F)C(F)(F)F)cc2)n1B(c1ccccc1)c1ccccc1. The predicted octanol–water partition coefficient (Wildman–Crippen LogP) is 14.6. The molecular formula is C76H52B2Cl4F10N10O6S2. The molecule has 12 rings (SSSR count). The summed E-state index contributed by atoms with van der Waals surface area (Å²) >= 11 is 25.5. The highest BCUT2D eigenvalue weighted by Gasteiger charge is 2.68. The van der Waals surface area contributed by atoms with Crippen LogP contribution in [-0.4, -0.2) is 98.9 Å². The van der Waals surface area contributed by atoms with Crippen LogP contribution in [0.15, 0.2) is 207 Å². The third kappa shape index (κ3) is 16.6. The summed E-state index contributed by atoms with van der Waals surface area (Å²) in [6.07, 6.45) is -10.9. The van der Waals surface area contributed by atoms with E-state index in [1.807, 2.05) is 130 Å². The van der Waals surface area contributed by atoms with Gasteiger partial charge in [-0.3, -0.25) is 24.3 Å². The molecule has 34 heteroatoms. The number of nitrogens with zero attached hydrogens (tertiary/aromatic N) is 8. The number of ether oxygens (including phenoxy) is 2. The van der Waals surface area contributed by atoms with Crippen molar-refractivity contribution in [2.75, 3.05) is 13.2 Å². The van der Waals surface area contributed by atoms with E-state index in [2.05, 4.69) is 12.1 Å². The molecule has 2 N–H and O–H groups in total. The fourth-order valence-electron chi connectivity index (χ4n) is 12.4. The van der Waals surface area contributed by atoms with Gasteiger partial charge in [-0.1, -0.05) is 190 Å². The predicted molar refractivity (Wildman–Crippen MR) is 406 cm³/mol. The Morgan fingerprint density at radius 2 is 0.827 bits per heavy atom. The fourth-order valence-corrected chi connectivity index (χ4v) is 14.4. The summed E-state index contributed by atoms with van der Waals surface area (Å²) < 4.78 is 175. The van der Waals surface area contributed by atoms with Gasteiger partial charge in [0.2, 0.25) is 11.8 Å². The van der Waals surface area contributed by atoms with Gasteiger partial charge in [0.05, 0.1) is 78.5 Å². The number of aromatic nitrogens is 6. The summed E-state index contributed by atoms with van der Waals surface area (Å²) in [5.74, 6) is -2.19. The Bertz CT molecular complexity index is 5630. The molecule has 558 valence electrons. The average Bonchev–Trinajstić information content (AvgIpc) is 1.52. The number of sulfonamides is 1. The molecule has 2 amide bonds. The van der Waals surface area contributed by atoms with E-state index < -0.39 is 83.2 Å². The number of amides is 2. The molecule has 0 spiro atoms. The lowest BCUT2D eigenvalue weighted by Crippen LogP contribution is -2.54.